The number of alkyl halides is 3. The van der Waals surface area contributed by atoms with E-state index in [0.29, 0.717) is 18.8 Å². The fraction of sp³-hybridized carbons (Fsp3) is 0.500. The zero-order valence-corrected chi connectivity index (χ0v) is 7.64. The molecule has 1 aromatic heterocycles. The number of fused-ring (bicyclic) bond motifs is 1. The van der Waals surface area contributed by atoms with Gasteiger partial charge in [0.15, 0.2) is 6.61 Å². The third-order valence-corrected chi connectivity index (χ3v) is 1.90. The molecule has 1 N–H and O–H groups in total. The van der Waals surface area contributed by atoms with Crippen molar-refractivity contribution in [1.29, 1.82) is 0 Å². The molecule has 4 nitrogen and oxygen atoms in total. The van der Waals surface area contributed by atoms with Crippen molar-refractivity contribution >= 4 is 0 Å². The fourth-order valence-electron chi connectivity index (χ4n) is 1.26. The number of ether oxygens (including phenoxy) is 1. The molecule has 15 heavy (non-hydrogen) atoms. The summed E-state index contributed by atoms with van der Waals surface area (Å²) < 4.78 is 39.9. The lowest BCUT2D eigenvalue weighted by Gasteiger charge is -2.07. The van der Waals surface area contributed by atoms with Crippen LogP contribution in [0.5, 0.6) is 6.01 Å². The highest BCUT2D eigenvalue weighted by molar-refractivity contribution is 5.22. The monoisotopic (exact) mass is 219 g/mol. The minimum atomic E-state index is -4.36. The Labute approximate surface area is 83.5 Å². The molecular weight excluding hydrogens is 211 g/mol. The molecule has 0 radical (unpaired) electrons. The number of hydrogen-bond acceptors (Lipinski definition) is 4. The highest BCUT2D eigenvalue weighted by Gasteiger charge is 2.29. The van der Waals surface area contributed by atoms with Crippen LogP contribution in [0.3, 0.4) is 0 Å². The maximum absolute atomic E-state index is 11.8. The first kappa shape index (κ1) is 10.2. The van der Waals surface area contributed by atoms with E-state index in [0.717, 1.165) is 5.56 Å². The minimum Gasteiger partial charge on any atom is -0.454 e. The number of nitrogens with one attached hydrogen (secondary N) is 1. The van der Waals surface area contributed by atoms with E-state index in [1.165, 1.54) is 6.20 Å². The topological polar surface area (TPSA) is 47.0 Å². The zero-order valence-electron chi connectivity index (χ0n) is 7.64. The summed E-state index contributed by atoms with van der Waals surface area (Å²) in [6, 6.07) is -0.227. The second-order valence-electron chi connectivity index (χ2n) is 3.13. The van der Waals surface area contributed by atoms with Crippen LogP contribution >= 0.6 is 0 Å². The molecule has 2 heterocycles. The Hall–Kier alpha value is -1.37. The van der Waals surface area contributed by atoms with E-state index >= 15 is 0 Å². The van der Waals surface area contributed by atoms with Crippen molar-refractivity contribution in [3.8, 4) is 6.01 Å². The molecule has 1 aliphatic heterocycles. The van der Waals surface area contributed by atoms with E-state index in [1.807, 2.05) is 0 Å². The molecule has 0 amide bonds. The molecule has 0 saturated carbocycles. The van der Waals surface area contributed by atoms with E-state index in [-0.39, 0.29) is 6.01 Å². The van der Waals surface area contributed by atoms with Gasteiger partial charge in [-0.15, -0.1) is 0 Å². The standard InChI is InChI=1S/C8H8F3N3O/c9-8(10,11)4-15-7-13-2-5-1-12-3-6(5)14-7/h2,12H,1,3-4H2. The Morgan fingerprint density at radius 1 is 1.40 bits per heavy atom. The summed E-state index contributed by atoms with van der Waals surface area (Å²) >= 11 is 0. The van der Waals surface area contributed by atoms with Crippen LogP contribution in [-0.4, -0.2) is 22.8 Å². The number of hydrogen-bond donors (Lipinski definition) is 1. The summed E-state index contributed by atoms with van der Waals surface area (Å²) in [6.45, 7) is -0.172. The number of rotatable bonds is 2. The fourth-order valence-corrected chi connectivity index (χ4v) is 1.26. The van der Waals surface area contributed by atoms with Crippen LogP contribution in [0.25, 0.3) is 0 Å². The first-order valence-electron chi connectivity index (χ1n) is 4.30. The van der Waals surface area contributed by atoms with Crippen molar-refractivity contribution in [3.63, 3.8) is 0 Å². The summed E-state index contributed by atoms with van der Waals surface area (Å²) in [5.74, 6) is 0. The van der Waals surface area contributed by atoms with Crippen LogP contribution in [0.2, 0.25) is 0 Å². The van der Waals surface area contributed by atoms with Crippen molar-refractivity contribution in [3.05, 3.63) is 17.5 Å². The molecule has 1 aliphatic rings. The van der Waals surface area contributed by atoms with Gasteiger partial charge in [0.05, 0.1) is 5.69 Å². The molecule has 0 fully saturated rings. The van der Waals surface area contributed by atoms with Crippen LogP contribution in [0.4, 0.5) is 13.2 Å². The Balaban J connectivity index is 2.04. The van der Waals surface area contributed by atoms with E-state index in [4.69, 9.17) is 0 Å². The summed E-state index contributed by atoms with van der Waals surface area (Å²) in [5, 5.41) is 3.01. The van der Waals surface area contributed by atoms with E-state index in [1.54, 1.807) is 0 Å². The summed E-state index contributed by atoms with van der Waals surface area (Å²) in [5.41, 5.74) is 1.59. The predicted molar refractivity (Wildman–Crippen MR) is 44.1 cm³/mol. The predicted octanol–water partition coefficient (Wildman–Crippen LogP) is 1.02. The van der Waals surface area contributed by atoms with Gasteiger partial charge in [0.1, 0.15) is 0 Å². The Kier molecular flexibility index (Phi) is 2.47. The van der Waals surface area contributed by atoms with Crippen molar-refractivity contribution in [2.45, 2.75) is 19.3 Å². The van der Waals surface area contributed by atoms with Gasteiger partial charge in [0, 0.05) is 24.8 Å². The van der Waals surface area contributed by atoms with E-state index in [2.05, 4.69) is 20.0 Å². The van der Waals surface area contributed by atoms with Crippen molar-refractivity contribution < 1.29 is 17.9 Å². The number of aromatic nitrogens is 2. The lowest BCUT2D eigenvalue weighted by molar-refractivity contribution is -0.154. The van der Waals surface area contributed by atoms with Gasteiger partial charge in [-0.3, -0.25) is 0 Å². The van der Waals surface area contributed by atoms with Gasteiger partial charge in [0.2, 0.25) is 0 Å². The first-order chi connectivity index (χ1) is 7.04. The average molecular weight is 219 g/mol. The molecule has 0 bridgehead atoms. The third-order valence-electron chi connectivity index (χ3n) is 1.90. The lowest BCUT2D eigenvalue weighted by Crippen LogP contribution is -2.20. The van der Waals surface area contributed by atoms with Gasteiger partial charge in [-0.05, 0) is 0 Å². The minimum absolute atomic E-state index is 0.227. The molecule has 0 aliphatic carbocycles. The first-order valence-corrected chi connectivity index (χ1v) is 4.30. The molecule has 2 rings (SSSR count). The number of nitrogens with zero attached hydrogens (tertiary/aromatic N) is 2. The van der Waals surface area contributed by atoms with Gasteiger partial charge in [-0.2, -0.15) is 18.2 Å². The van der Waals surface area contributed by atoms with Gasteiger partial charge < -0.3 is 10.1 Å². The molecular formula is C8H8F3N3O. The smallest absolute Gasteiger partial charge is 0.422 e. The summed E-state index contributed by atoms with van der Waals surface area (Å²) in [4.78, 5) is 7.54. The Morgan fingerprint density at radius 3 is 2.93 bits per heavy atom. The zero-order chi connectivity index (χ0) is 10.9. The van der Waals surface area contributed by atoms with Gasteiger partial charge in [-0.25, -0.2) is 4.98 Å². The van der Waals surface area contributed by atoms with Crippen LogP contribution in [0.1, 0.15) is 11.3 Å². The second kappa shape index (κ2) is 3.65. The maximum Gasteiger partial charge on any atom is 0.422 e. The van der Waals surface area contributed by atoms with E-state index < -0.39 is 12.8 Å². The molecule has 0 aromatic carbocycles. The molecule has 0 atom stereocenters. The van der Waals surface area contributed by atoms with Crippen molar-refractivity contribution in [1.82, 2.24) is 15.3 Å². The Morgan fingerprint density at radius 2 is 2.20 bits per heavy atom. The second-order valence-corrected chi connectivity index (χ2v) is 3.13. The van der Waals surface area contributed by atoms with Crippen LogP contribution < -0.4 is 10.1 Å². The third kappa shape index (κ3) is 2.56. The summed E-state index contributed by atoms with van der Waals surface area (Å²) in [6.07, 6.45) is -2.88. The molecule has 7 heteroatoms. The number of halogens is 3. The maximum atomic E-state index is 11.8. The molecule has 1 aromatic rings. The quantitative estimate of drug-likeness (QED) is 0.806. The lowest BCUT2D eigenvalue weighted by atomic mass is 10.3. The van der Waals surface area contributed by atoms with Crippen LogP contribution in [0, 0.1) is 0 Å². The normalized spacial score (nSPS) is 15.1. The average Bonchev–Trinajstić information content (AvgIpc) is 2.60. The van der Waals surface area contributed by atoms with Crippen molar-refractivity contribution in [2.75, 3.05) is 6.61 Å². The molecule has 82 valence electrons. The Bertz CT molecular complexity index is 367. The van der Waals surface area contributed by atoms with Gasteiger partial charge in [-0.1, -0.05) is 0 Å². The molecule has 0 saturated heterocycles. The van der Waals surface area contributed by atoms with Crippen LogP contribution in [-0.2, 0) is 13.1 Å². The molecule has 0 unspecified atom stereocenters. The largest absolute Gasteiger partial charge is 0.454 e. The highest BCUT2D eigenvalue weighted by atomic mass is 19.4. The SMILES string of the molecule is FC(F)(F)COc1ncc2c(n1)CNC2. The highest BCUT2D eigenvalue weighted by Crippen LogP contribution is 2.18. The van der Waals surface area contributed by atoms with E-state index in [9.17, 15) is 13.2 Å². The van der Waals surface area contributed by atoms with Gasteiger partial charge >= 0.3 is 12.2 Å². The van der Waals surface area contributed by atoms with Crippen molar-refractivity contribution in [2.24, 2.45) is 0 Å². The molecule has 0 spiro atoms. The van der Waals surface area contributed by atoms with Gasteiger partial charge in [0.25, 0.3) is 0 Å². The van der Waals surface area contributed by atoms with Crippen LogP contribution in [0.15, 0.2) is 6.20 Å². The summed E-state index contributed by atoms with van der Waals surface area (Å²) in [7, 11) is 0.